The van der Waals surface area contributed by atoms with E-state index < -0.39 is 32.5 Å². The Hall–Kier alpha value is -2.55. The first-order chi connectivity index (χ1) is 23.8. The Balaban J connectivity index is 4.38. The Morgan fingerprint density at radius 2 is 1.12 bits per heavy atom. The molecular formula is C39H66NO8P. The Bertz CT molecular complexity index is 1030. The number of hydrogen-bond donors (Lipinski definition) is 2. The SMILES string of the molecule is CC/C=C\C/C=C\C/C=C\C/C=C\C/C=C\C/C=C\CCC(=O)OC(COC(=O)CCCCCCCCCCC)COP(=O)(O)OCCN. The molecule has 280 valence electrons. The predicted molar refractivity (Wildman–Crippen MR) is 201 cm³/mol. The maximum Gasteiger partial charge on any atom is 0.472 e. The third-order valence-electron chi connectivity index (χ3n) is 7.12. The van der Waals surface area contributed by atoms with Crippen LogP contribution in [0.4, 0.5) is 0 Å². The summed E-state index contributed by atoms with van der Waals surface area (Å²) in [6, 6.07) is 0. The molecule has 0 fully saturated rings. The van der Waals surface area contributed by atoms with Gasteiger partial charge >= 0.3 is 19.8 Å². The number of phosphoric ester groups is 1. The van der Waals surface area contributed by atoms with Crippen molar-refractivity contribution < 1.29 is 37.6 Å². The summed E-state index contributed by atoms with van der Waals surface area (Å²) < 4.78 is 32.5. The summed E-state index contributed by atoms with van der Waals surface area (Å²) in [5.74, 6) is -0.938. The number of carbonyl (C=O) groups is 2. The molecule has 0 radical (unpaired) electrons. The van der Waals surface area contributed by atoms with Gasteiger partial charge in [0.1, 0.15) is 6.61 Å². The second-order valence-electron chi connectivity index (χ2n) is 11.7. The predicted octanol–water partition coefficient (Wildman–Crippen LogP) is 9.93. The molecule has 9 nitrogen and oxygen atoms in total. The number of allylic oxidation sites excluding steroid dienone is 12. The fraction of sp³-hybridized carbons (Fsp3) is 0.641. The number of esters is 2. The molecule has 0 saturated carbocycles. The lowest BCUT2D eigenvalue weighted by Gasteiger charge is -2.19. The lowest BCUT2D eigenvalue weighted by molar-refractivity contribution is -0.161. The third kappa shape index (κ3) is 35.1. The molecule has 0 saturated heterocycles. The summed E-state index contributed by atoms with van der Waals surface area (Å²) in [6.45, 7) is 3.47. The zero-order valence-corrected chi connectivity index (χ0v) is 31.3. The average Bonchev–Trinajstić information content (AvgIpc) is 3.08. The highest BCUT2D eigenvalue weighted by Crippen LogP contribution is 2.43. The fourth-order valence-electron chi connectivity index (χ4n) is 4.42. The van der Waals surface area contributed by atoms with Crippen molar-refractivity contribution in [2.24, 2.45) is 5.73 Å². The van der Waals surface area contributed by atoms with E-state index in [9.17, 15) is 19.0 Å². The van der Waals surface area contributed by atoms with E-state index in [4.69, 9.17) is 24.3 Å². The van der Waals surface area contributed by atoms with Crippen LogP contribution in [0.15, 0.2) is 72.9 Å². The Labute approximate surface area is 297 Å². The number of carbonyl (C=O) groups excluding carboxylic acids is 2. The van der Waals surface area contributed by atoms with Gasteiger partial charge < -0.3 is 20.1 Å². The molecule has 0 aromatic heterocycles. The Kier molecular flexibility index (Phi) is 33.4. The standard InChI is InChI=1S/C39H66NO8P/c1-3-5-7-9-11-13-14-15-16-17-18-19-20-21-22-24-26-28-30-32-39(42)48-37(36-47-49(43,44)46-34-33-40)35-45-38(41)31-29-27-25-23-12-10-8-6-4-2/h5,7,11,13,15-16,18-19,21-22,26,28,37H,3-4,6,8-10,12,14,17,20,23-25,27,29-36,40H2,1-2H3,(H,43,44)/b7-5-,13-11-,16-15-,19-18-,22-21-,28-26-. The molecule has 0 spiro atoms. The third-order valence-corrected chi connectivity index (χ3v) is 8.10. The molecule has 0 rings (SSSR count). The first-order valence-electron chi connectivity index (χ1n) is 18.4. The van der Waals surface area contributed by atoms with Crippen molar-refractivity contribution in [3.05, 3.63) is 72.9 Å². The Morgan fingerprint density at radius 3 is 1.63 bits per heavy atom. The van der Waals surface area contributed by atoms with Gasteiger partial charge in [-0.25, -0.2) is 4.57 Å². The van der Waals surface area contributed by atoms with E-state index in [0.717, 1.165) is 57.8 Å². The summed E-state index contributed by atoms with van der Waals surface area (Å²) >= 11 is 0. The molecule has 0 amide bonds. The van der Waals surface area contributed by atoms with Crippen LogP contribution >= 0.6 is 7.82 Å². The maximum atomic E-state index is 12.5. The molecular weight excluding hydrogens is 641 g/mol. The van der Waals surface area contributed by atoms with Crippen LogP contribution in [0.2, 0.25) is 0 Å². The molecule has 0 aromatic carbocycles. The van der Waals surface area contributed by atoms with Crippen molar-refractivity contribution in [2.45, 2.75) is 136 Å². The maximum absolute atomic E-state index is 12.5. The summed E-state index contributed by atoms with van der Waals surface area (Å²) in [5, 5.41) is 0. The van der Waals surface area contributed by atoms with Crippen LogP contribution in [-0.2, 0) is 32.7 Å². The van der Waals surface area contributed by atoms with Crippen LogP contribution < -0.4 is 5.73 Å². The van der Waals surface area contributed by atoms with Gasteiger partial charge in [-0.3, -0.25) is 18.6 Å². The van der Waals surface area contributed by atoms with Crippen LogP contribution in [0.25, 0.3) is 0 Å². The zero-order chi connectivity index (χ0) is 36.1. The molecule has 49 heavy (non-hydrogen) atoms. The van der Waals surface area contributed by atoms with E-state index in [2.05, 4.69) is 74.6 Å². The van der Waals surface area contributed by atoms with Crippen LogP contribution in [0.5, 0.6) is 0 Å². The van der Waals surface area contributed by atoms with Gasteiger partial charge in [-0.1, -0.05) is 138 Å². The highest BCUT2D eigenvalue weighted by molar-refractivity contribution is 7.47. The largest absolute Gasteiger partial charge is 0.472 e. The number of unbranched alkanes of at least 4 members (excludes halogenated alkanes) is 8. The summed E-state index contributed by atoms with van der Waals surface area (Å²) in [4.78, 5) is 34.6. The molecule has 3 N–H and O–H groups in total. The topological polar surface area (TPSA) is 134 Å². The molecule has 2 unspecified atom stereocenters. The molecule has 0 aliphatic heterocycles. The first kappa shape index (κ1) is 46.5. The fourth-order valence-corrected chi connectivity index (χ4v) is 5.19. The van der Waals surface area contributed by atoms with Gasteiger partial charge in [-0.15, -0.1) is 0 Å². The van der Waals surface area contributed by atoms with E-state index in [1.54, 1.807) is 0 Å². The van der Waals surface area contributed by atoms with Crippen molar-refractivity contribution in [1.29, 1.82) is 0 Å². The molecule has 0 heterocycles. The minimum absolute atomic E-state index is 0.0391. The lowest BCUT2D eigenvalue weighted by atomic mass is 10.1. The monoisotopic (exact) mass is 707 g/mol. The normalized spacial score (nSPS) is 14.3. The Morgan fingerprint density at radius 1 is 0.633 bits per heavy atom. The van der Waals surface area contributed by atoms with Gasteiger partial charge in [-0.05, 0) is 51.4 Å². The van der Waals surface area contributed by atoms with Crippen LogP contribution in [0.1, 0.15) is 129 Å². The minimum Gasteiger partial charge on any atom is -0.462 e. The van der Waals surface area contributed by atoms with Gasteiger partial charge in [0, 0.05) is 19.4 Å². The highest BCUT2D eigenvalue weighted by Gasteiger charge is 2.25. The summed E-state index contributed by atoms with van der Waals surface area (Å²) in [7, 11) is -4.39. The number of rotatable bonds is 33. The van der Waals surface area contributed by atoms with E-state index in [1.165, 1.54) is 38.5 Å². The molecule has 2 atom stereocenters. The quantitative estimate of drug-likeness (QED) is 0.0296. The van der Waals surface area contributed by atoms with E-state index in [1.807, 2.05) is 12.2 Å². The molecule has 0 aliphatic carbocycles. The van der Waals surface area contributed by atoms with Crippen LogP contribution in [0.3, 0.4) is 0 Å². The second-order valence-corrected chi connectivity index (χ2v) is 13.2. The highest BCUT2D eigenvalue weighted by atomic mass is 31.2. The van der Waals surface area contributed by atoms with E-state index in [-0.39, 0.29) is 32.6 Å². The number of nitrogens with two attached hydrogens (primary N) is 1. The van der Waals surface area contributed by atoms with Crippen molar-refractivity contribution in [3.63, 3.8) is 0 Å². The second kappa shape index (κ2) is 35.3. The molecule has 0 bridgehead atoms. The van der Waals surface area contributed by atoms with E-state index >= 15 is 0 Å². The molecule has 10 heteroatoms. The number of ether oxygens (including phenoxy) is 2. The smallest absolute Gasteiger partial charge is 0.462 e. The van der Waals surface area contributed by atoms with Gasteiger partial charge in [0.25, 0.3) is 0 Å². The van der Waals surface area contributed by atoms with Gasteiger partial charge in [0.05, 0.1) is 13.2 Å². The summed E-state index contributed by atoms with van der Waals surface area (Å²) in [6.07, 6.45) is 41.0. The number of hydrogen-bond acceptors (Lipinski definition) is 8. The van der Waals surface area contributed by atoms with Crippen molar-refractivity contribution in [3.8, 4) is 0 Å². The first-order valence-corrected chi connectivity index (χ1v) is 19.9. The van der Waals surface area contributed by atoms with Crippen molar-refractivity contribution in [1.82, 2.24) is 0 Å². The lowest BCUT2D eigenvalue weighted by Crippen LogP contribution is -2.29. The molecule has 0 aromatic rings. The van der Waals surface area contributed by atoms with E-state index in [0.29, 0.717) is 6.42 Å². The van der Waals surface area contributed by atoms with Crippen molar-refractivity contribution in [2.75, 3.05) is 26.4 Å². The van der Waals surface area contributed by atoms with Crippen LogP contribution in [-0.4, -0.2) is 49.3 Å². The average molecular weight is 708 g/mol. The van der Waals surface area contributed by atoms with Gasteiger partial charge in [0.15, 0.2) is 6.10 Å². The van der Waals surface area contributed by atoms with Crippen molar-refractivity contribution >= 4 is 19.8 Å². The zero-order valence-electron chi connectivity index (χ0n) is 30.4. The summed E-state index contributed by atoms with van der Waals surface area (Å²) in [5.41, 5.74) is 5.32. The van der Waals surface area contributed by atoms with Gasteiger partial charge in [-0.2, -0.15) is 0 Å². The van der Waals surface area contributed by atoms with Gasteiger partial charge in [0.2, 0.25) is 0 Å². The molecule has 0 aliphatic rings. The number of phosphoric acid groups is 1. The van der Waals surface area contributed by atoms with Crippen LogP contribution in [0, 0.1) is 0 Å². The minimum atomic E-state index is -4.39.